The van der Waals surface area contributed by atoms with Crippen molar-refractivity contribution in [2.24, 2.45) is 0 Å². The molecule has 0 aromatic carbocycles. The third-order valence-corrected chi connectivity index (χ3v) is 1.96. The molecule has 13 heavy (non-hydrogen) atoms. The number of rotatable bonds is 4. The first-order valence-electron chi connectivity index (χ1n) is 4.41. The second-order valence-electron chi connectivity index (χ2n) is 2.31. The van der Waals surface area contributed by atoms with E-state index in [-0.39, 0.29) is 25.5 Å². The molecule has 0 heterocycles. The van der Waals surface area contributed by atoms with Crippen LogP contribution in [0.3, 0.4) is 0 Å². The van der Waals surface area contributed by atoms with Gasteiger partial charge in [-0.05, 0) is 0 Å². The average Bonchev–Trinajstić information content (AvgIpc) is 2.02. The Balaban J connectivity index is -0.000000309. The summed E-state index contributed by atoms with van der Waals surface area (Å²) in [6.07, 6.45) is 2.72. The van der Waals surface area contributed by atoms with Crippen molar-refractivity contribution < 1.29 is 27.9 Å². The van der Waals surface area contributed by atoms with Crippen molar-refractivity contribution in [3.63, 3.8) is 0 Å². The van der Waals surface area contributed by atoms with Crippen LogP contribution in [-0.2, 0) is 29.5 Å². The van der Waals surface area contributed by atoms with Gasteiger partial charge in [-0.15, -0.1) is 6.04 Å². The van der Waals surface area contributed by atoms with Crippen molar-refractivity contribution in [2.45, 2.75) is 46.6 Å². The van der Waals surface area contributed by atoms with E-state index in [1.54, 1.807) is 0 Å². The van der Waals surface area contributed by atoms with Crippen molar-refractivity contribution in [2.75, 3.05) is 6.26 Å². The Bertz CT molecular complexity index is 177. The van der Waals surface area contributed by atoms with Crippen LogP contribution in [0.1, 0.15) is 40.5 Å². The summed E-state index contributed by atoms with van der Waals surface area (Å²) in [6.45, 7) is 7.87. The molecule has 0 atom stereocenters. The molecule has 0 saturated heterocycles. The van der Waals surface area contributed by atoms with Crippen molar-refractivity contribution in [3.05, 3.63) is 4.72 Å². The largest absolute Gasteiger partial charge is 1.00 e. The van der Waals surface area contributed by atoms with E-state index in [0.29, 0.717) is 0 Å². The Labute approximate surface area is 95.5 Å². The fraction of sp³-hybridized carbons (Fsp3) is 1.00. The molecule has 0 aliphatic heterocycles. The van der Waals surface area contributed by atoms with Crippen LogP contribution in [0, 0.1) is 0 Å². The van der Waals surface area contributed by atoms with Gasteiger partial charge in [-0.1, -0.05) is 40.5 Å². The first-order chi connectivity index (χ1) is 5.49. The molecule has 0 saturated carbocycles. The number of sulfonamides is 1. The molecule has 0 amide bonds. The summed E-state index contributed by atoms with van der Waals surface area (Å²) in [5.74, 6) is 0. The molecule has 0 bridgehead atoms. The third kappa shape index (κ3) is 15.3. The van der Waals surface area contributed by atoms with Gasteiger partial charge in [-0.2, -0.15) is 0 Å². The summed E-state index contributed by atoms with van der Waals surface area (Å²) >= 11 is 0. The molecule has 0 aliphatic carbocycles. The van der Waals surface area contributed by atoms with Gasteiger partial charge in [-0.25, -0.2) is 8.42 Å². The quantitative estimate of drug-likeness (QED) is 0.748. The Kier molecular flexibility index (Phi) is 15.6. The van der Waals surface area contributed by atoms with Gasteiger partial charge in [0.1, 0.15) is 0 Å². The maximum Gasteiger partial charge on any atom is 1.00 e. The fourth-order valence-electron chi connectivity index (χ4n) is 0.709. The van der Waals surface area contributed by atoms with Gasteiger partial charge in [0.25, 0.3) is 0 Å². The first kappa shape index (κ1) is 19.2. The Hall–Kier alpha value is 0.533. The second kappa shape index (κ2) is 10.6. The zero-order chi connectivity index (χ0) is 10.2. The standard InChI is InChI=1S/C6H14NO2S.C2H6.Ru/c1-4-6(5-2)7-10(3,8)9;1-2;/h6H,4-5H2,1-3H3;1-2H3;/q-1;;+1. The van der Waals surface area contributed by atoms with E-state index >= 15 is 0 Å². The molecule has 1 radical (unpaired) electrons. The van der Waals surface area contributed by atoms with Crippen molar-refractivity contribution in [3.8, 4) is 0 Å². The van der Waals surface area contributed by atoms with Crippen LogP contribution in [0.15, 0.2) is 0 Å². The monoisotopic (exact) mass is 296 g/mol. The minimum absolute atomic E-state index is 0. The van der Waals surface area contributed by atoms with Crippen LogP contribution in [0.25, 0.3) is 4.72 Å². The van der Waals surface area contributed by atoms with E-state index in [4.69, 9.17) is 0 Å². The maximum atomic E-state index is 10.6. The maximum absolute atomic E-state index is 10.6. The van der Waals surface area contributed by atoms with Crippen molar-refractivity contribution in [1.82, 2.24) is 0 Å². The number of hydrogen-bond donors (Lipinski definition) is 0. The van der Waals surface area contributed by atoms with E-state index in [1.807, 2.05) is 27.7 Å². The van der Waals surface area contributed by atoms with Gasteiger partial charge < -0.3 is 4.72 Å². The van der Waals surface area contributed by atoms with Crippen LogP contribution >= 0.6 is 0 Å². The van der Waals surface area contributed by atoms with Gasteiger partial charge in [0.05, 0.1) is 10.0 Å². The summed E-state index contributed by atoms with van der Waals surface area (Å²) in [7, 11) is -3.12. The predicted molar refractivity (Wildman–Crippen MR) is 53.9 cm³/mol. The molecule has 0 aromatic heterocycles. The van der Waals surface area contributed by atoms with Gasteiger partial charge in [0, 0.05) is 6.26 Å². The van der Waals surface area contributed by atoms with Crippen molar-refractivity contribution in [1.29, 1.82) is 0 Å². The van der Waals surface area contributed by atoms with Gasteiger partial charge in [0.2, 0.25) is 0 Å². The summed E-state index contributed by atoms with van der Waals surface area (Å²) in [6, 6.07) is -0.0185. The zero-order valence-electron chi connectivity index (χ0n) is 9.02. The Morgan fingerprint density at radius 3 is 1.54 bits per heavy atom. The fourth-order valence-corrected chi connectivity index (χ4v) is 1.55. The summed E-state index contributed by atoms with van der Waals surface area (Å²) < 4.78 is 24.8. The van der Waals surface area contributed by atoms with Crippen molar-refractivity contribution >= 4 is 10.0 Å². The van der Waals surface area contributed by atoms with E-state index < -0.39 is 10.0 Å². The molecule has 0 spiro atoms. The van der Waals surface area contributed by atoms with Crippen LogP contribution in [0.5, 0.6) is 0 Å². The molecule has 83 valence electrons. The van der Waals surface area contributed by atoms with Crippen LogP contribution in [-0.4, -0.2) is 20.7 Å². The molecular weight excluding hydrogens is 275 g/mol. The zero-order valence-corrected chi connectivity index (χ0v) is 11.6. The van der Waals surface area contributed by atoms with Gasteiger partial charge in [-0.3, -0.25) is 0 Å². The molecule has 0 aliphatic rings. The molecule has 5 heteroatoms. The van der Waals surface area contributed by atoms with E-state index in [0.717, 1.165) is 19.1 Å². The SMILES string of the molecule is CC.CCC(CC)[N-]S(C)(=O)=O.[Ru+]. The topological polar surface area (TPSA) is 48.2 Å². The van der Waals surface area contributed by atoms with Crippen LogP contribution in [0.2, 0.25) is 0 Å². The minimum Gasteiger partial charge on any atom is -0.547 e. The molecule has 3 nitrogen and oxygen atoms in total. The smallest absolute Gasteiger partial charge is 0.547 e. The summed E-state index contributed by atoms with van der Waals surface area (Å²) in [4.78, 5) is 0. The number of hydrogen-bond acceptors (Lipinski definition) is 2. The Morgan fingerprint density at radius 2 is 1.46 bits per heavy atom. The average molecular weight is 295 g/mol. The molecule has 0 fully saturated rings. The molecule has 0 N–H and O–H groups in total. The molecule has 0 rings (SSSR count). The molecule has 0 aromatic rings. The summed E-state index contributed by atoms with van der Waals surface area (Å²) in [5.41, 5.74) is 0. The second-order valence-corrected chi connectivity index (χ2v) is 3.99. The van der Waals surface area contributed by atoms with Crippen LogP contribution < -0.4 is 0 Å². The molecular formula is C8H20NO2RuS. The van der Waals surface area contributed by atoms with Gasteiger partial charge >= 0.3 is 19.5 Å². The third-order valence-electron chi connectivity index (χ3n) is 1.28. The normalized spacial score (nSPS) is 10.0. The Morgan fingerprint density at radius 1 is 1.15 bits per heavy atom. The van der Waals surface area contributed by atoms with E-state index in [1.165, 1.54) is 0 Å². The van der Waals surface area contributed by atoms with E-state index in [2.05, 4.69) is 4.72 Å². The van der Waals surface area contributed by atoms with E-state index in [9.17, 15) is 8.42 Å². The molecule has 0 unspecified atom stereocenters. The minimum atomic E-state index is -3.12. The van der Waals surface area contributed by atoms with Gasteiger partial charge in [0.15, 0.2) is 0 Å². The summed E-state index contributed by atoms with van der Waals surface area (Å²) in [5, 5.41) is 0. The number of nitrogens with zero attached hydrogens (tertiary/aromatic N) is 1. The van der Waals surface area contributed by atoms with Crippen LogP contribution in [0.4, 0.5) is 0 Å². The first-order valence-corrected chi connectivity index (χ1v) is 6.26. The predicted octanol–water partition coefficient (Wildman–Crippen LogP) is 2.53.